The van der Waals surface area contributed by atoms with Gasteiger partial charge in [-0.1, -0.05) is 30.3 Å². The molecule has 156 valence electrons. The Morgan fingerprint density at radius 1 is 1.00 bits per heavy atom. The SMILES string of the molecule is COc1ccc2nc(C)cc(N3CCN(S(=O)(=O)/C=C/c4ccccc4)CC3)c2c1. The van der Waals surface area contributed by atoms with Gasteiger partial charge in [0.05, 0.1) is 12.6 Å². The average molecular weight is 424 g/mol. The maximum absolute atomic E-state index is 12.7. The largest absolute Gasteiger partial charge is 0.497 e. The van der Waals surface area contributed by atoms with Crippen LogP contribution in [0.5, 0.6) is 5.75 Å². The van der Waals surface area contributed by atoms with Crippen LogP contribution in [0.1, 0.15) is 11.3 Å². The minimum atomic E-state index is -3.45. The molecule has 4 rings (SSSR count). The zero-order chi connectivity index (χ0) is 21.1. The number of anilines is 1. The number of nitrogens with zero attached hydrogens (tertiary/aromatic N) is 3. The van der Waals surface area contributed by atoms with Crippen LogP contribution >= 0.6 is 0 Å². The van der Waals surface area contributed by atoms with Gasteiger partial charge < -0.3 is 9.64 Å². The lowest BCUT2D eigenvalue weighted by Gasteiger charge is -2.35. The number of benzene rings is 2. The molecule has 30 heavy (non-hydrogen) atoms. The summed E-state index contributed by atoms with van der Waals surface area (Å²) >= 11 is 0. The summed E-state index contributed by atoms with van der Waals surface area (Å²) < 4.78 is 32.4. The number of aryl methyl sites for hydroxylation is 1. The van der Waals surface area contributed by atoms with Gasteiger partial charge in [0.25, 0.3) is 0 Å². The third kappa shape index (κ3) is 4.32. The van der Waals surface area contributed by atoms with Crippen LogP contribution in [-0.4, -0.2) is 51.0 Å². The van der Waals surface area contributed by atoms with Crippen molar-refractivity contribution in [2.24, 2.45) is 0 Å². The van der Waals surface area contributed by atoms with Crippen LogP contribution in [0.15, 0.2) is 60.0 Å². The molecule has 7 heteroatoms. The Bertz CT molecular complexity index is 1170. The maximum atomic E-state index is 12.7. The summed E-state index contributed by atoms with van der Waals surface area (Å²) in [6.07, 6.45) is 1.65. The molecule has 6 nitrogen and oxygen atoms in total. The summed E-state index contributed by atoms with van der Waals surface area (Å²) in [5.74, 6) is 0.779. The number of hydrogen-bond donors (Lipinski definition) is 0. The van der Waals surface area contributed by atoms with Gasteiger partial charge in [0.2, 0.25) is 10.0 Å². The highest BCUT2D eigenvalue weighted by Gasteiger charge is 2.26. The van der Waals surface area contributed by atoms with Gasteiger partial charge in [-0.25, -0.2) is 8.42 Å². The normalized spacial score (nSPS) is 15.7. The van der Waals surface area contributed by atoms with Crippen LogP contribution in [-0.2, 0) is 10.0 Å². The Balaban J connectivity index is 1.53. The third-order valence-corrected chi connectivity index (χ3v) is 6.86. The van der Waals surface area contributed by atoms with E-state index in [0.717, 1.165) is 33.6 Å². The van der Waals surface area contributed by atoms with Crippen molar-refractivity contribution in [3.8, 4) is 5.75 Å². The quantitative estimate of drug-likeness (QED) is 0.627. The minimum Gasteiger partial charge on any atom is -0.497 e. The molecular weight excluding hydrogens is 398 g/mol. The molecule has 3 aromatic rings. The van der Waals surface area contributed by atoms with E-state index in [9.17, 15) is 8.42 Å². The Kier molecular flexibility index (Phi) is 5.74. The van der Waals surface area contributed by atoms with E-state index in [1.807, 2.05) is 55.5 Å². The smallest absolute Gasteiger partial charge is 0.236 e. The summed E-state index contributed by atoms with van der Waals surface area (Å²) in [7, 11) is -1.81. The molecule has 0 unspecified atom stereocenters. The number of rotatable bonds is 5. The summed E-state index contributed by atoms with van der Waals surface area (Å²) in [6, 6.07) is 17.4. The van der Waals surface area contributed by atoms with Crippen molar-refractivity contribution in [3.63, 3.8) is 0 Å². The summed E-state index contributed by atoms with van der Waals surface area (Å²) in [4.78, 5) is 6.84. The highest BCUT2D eigenvalue weighted by Crippen LogP contribution is 2.31. The number of ether oxygens (including phenoxy) is 1. The van der Waals surface area contributed by atoms with Crippen LogP contribution in [0.2, 0.25) is 0 Å². The van der Waals surface area contributed by atoms with Gasteiger partial charge in [-0.15, -0.1) is 0 Å². The number of hydrogen-bond acceptors (Lipinski definition) is 5. The lowest BCUT2D eigenvalue weighted by Crippen LogP contribution is -2.48. The molecule has 0 amide bonds. The Labute approximate surface area is 177 Å². The van der Waals surface area contributed by atoms with Gasteiger partial charge in [0, 0.05) is 48.4 Å². The van der Waals surface area contributed by atoms with Crippen molar-refractivity contribution in [1.29, 1.82) is 0 Å². The average Bonchev–Trinajstić information content (AvgIpc) is 2.78. The first-order valence-electron chi connectivity index (χ1n) is 9.90. The van der Waals surface area contributed by atoms with E-state index in [4.69, 9.17) is 4.74 Å². The fourth-order valence-electron chi connectivity index (χ4n) is 3.70. The van der Waals surface area contributed by atoms with E-state index in [2.05, 4.69) is 16.0 Å². The van der Waals surface area contributed by atoms with Crippen LogP contribution in [0.25, 0.3) is 17.0 Å². The fraction of sp³-hybridized carbons (Fsp3) is 0.261. The maximum Gasteiger partial charge on any atom is 0.236 e. The molecule has 0 radical (unpaired) electrons. The highest BCUT2D eigenvalue weighted by atomic mass is 32.2. The number of methoxy groups -OCH3 is 1. The van der Waals surface area contributed by atoms with E-state index in [1.165, 1.54) is 5.41 Å². The third-order valence-electron chi connectivity index (χ3n) is 5.29. The van der Waals surface area contributed by atoms with Crippen molar-refractivity contribution in [3.05, 3.63) is 71.3 Å². The van der Waals surface area contributed by atoms with Crippen molar-refractivity contribution in [1.82, 2.24) is 9.29 Å². The van der Waals surface area contributed by atoms with Crippen molar-refractivity contribution in [2.45, 2.75) is 6.92 Å². The lowest BCUT2D eigenvalue weighted by molar-refractivity contribution is 0.390. The predicted octanol–water partition coefficient (Wildman–Crippen LogP) is 3.67. The van der Waals surface area contributed by atoms with E-state index in [0.29, 0.717) is 26.2 Å². The predicted molar refractivity (Wildman–Crippen MR) is 121 cm³/mol. The second-order valence-electron chi connectivity index (χ2n) is 7.31. The molecule has 1 aliphatic rings. The van der Waals surface area contributed by atoms with Crippen molar-refractivity contribution in [2.75, 3.05) is 38.2 Å². The molecule has 0 aliphatic carbocycles. The second-order valence-corrected chi connectivity index (χ2v) is 9.13. The van der Waals surface area contributed by atoms with Gasteiger partial charge in [0.15, 0.2) is 0 Å². The van der Waals surface area contributed by atoms with Crippen LogP contribution in [0.4, 0.5) is 5.69 Å². The monoisotopic (exact) mass is 423 g/mol. The molecule has 1 aromatic heterocycles. The van der Waals surface area contributed by atoms with E-state index >= 15 is 0 Å². The van der Waals surface area contributed by atoms with E-state index < -0.39 is 10.0 Å². The highest BCUT2D eigenvalue weighted by molar-refractivity contribution is 7.92. The molecule has 2 aromatic carbocycles. The molecule has 0 N–H and O–H groups in total. The molecule has 1 aliphatic heterocycles. The molecule has 0 atom stereocenters. The van der Waals surface area contributed by atoms with Crippen LogP contribution in [0.3, 0.4) is 0 Å². The summed E-state index contributed by atoms with van der Waals surface area (Å²) in [6.45, 7) is 4.09. The Morgan fingerprint density at radius 2 is 1.73 bits per heavy atom. The van der Waals surface area contributed by atoms with Crippen molar-refractivity contribution < 1.29 is 13.2 Å². The van der Waals surface area contributed by atoms with Gasteiger partial charge in [-0.3, -0.25) is 4.98 Å². The van der Waals surface area contributed by atoms with Gasteiger partial charge >= 0.3 is 0 Å². The fourth-order valence-corrected chi connectivity index (χ4v) is 4.88. The topological polar surface area (TPSA) is 62.7 Å². The molecule has 0 bridgehead atoms. The molecule has 1 fully saturated rings. The number of fused-ring (bicyclic) bond motifs is 1. The second kappa shape index (κ2) is 8.45. The zero-order valence-corrected chi connectivity index (χ0v) is 18.0. The lowest BCUT2D eigenvalue weighted by atomic mass is 10.1. The van der Waals surface area contributed by atoms with E-state index in [-0.39, 0.29) is 0 Å². The summed E-state index contributed by atoms with van der Waals surface area (Å²) in [5.41, 5.74) is 3.77. The molecule has 2 heterocycles. The number of aromatic nitrogens is 1. The first kappa shape index (κ1) is 20.4. The van der Waals surface area contributed by atoms with Crippen LogP contribution in [0, 0.1) is 6.92 Å². The molecule has 0 spiro atoms. The van der Waals surface area contributed by atoms with Crippen molar-refractivity contribution >= 4 is 32.7 Å². The van der Waals surface area contributed by atoms with Gasteiger partial charge in [-0.2, -0.15) is 4.31 Å². The van der Waals surface area contributed by atoms with Crippen LogP contribution < -0.4 is 9.64 Å². The standard InChI is InChI=1S/C23H25N3O3S/c1-18-16-23(21-17-20(29-2)8-9-22(21)24-18)25-11-13-26(14-12-25)30(27,28)15-10-19-6-4-3-5-7-19/h3-10,15-17H,11-14H2,1-2H3/b15-10+. The zero-order valence-electron chi connectivity index (χ0n) is 17.2. The number of pyridine rings is 1. The molecular formula is C23H25N3O3S. The number of sulfonamides is 1. The first-order valence-corrected chi connectivity index (χ1v) is 11.4. The Hall–Kier alpha value is -2.90. The van der Waals surface area contributed by atoms with E-state index in [1.54, 1.807) is 17.5 Å². The van der Waals surface area contributed by atoms with Gasteiger partial charge in [-0.05, 0) is 42.8 Å². The minimum absolute atomic E-state index is 0.439. The molecule has 0 saturated carbocycles. The first-order chi connectivity index (χ1) is 14.5. The Morgan fingerprint density at radius 3 is 2.43 bits per heavy atom. The van der Waals surface area contributed by atoms with Gasteiger partial charge in [0.1, 0.15) is 5.75 Å². The summed E-state index contributed by atoms with van der Waals surface area (Å²) in [5, 5.41) is 2.31. The number of piperazine rings is 1. The molecule has 1 saturated heterocycles.